The first kappa shape index (κ1) is 12.8. The second-order valence-electron chi connectivity index (χ2n) is 4.41. The molecule has 3 heteroatoms. The Labute approximate surface area is 108 Å². The molecule has 0 fully saturated rings. The molecule has 0 saturated heterocycles. The summed E-state index contributed by atoms with van der Waals surface area (Å²) in [5.74, 6) is 0. The van der Waals surface area contributed by atoms with E-state index in [0.717, 1.165) is 11.1 Å². The van der Waals surface area contributed by atoms with E-state index >= 15 is 0 Å². The van der Waals surface area contributed by atoms with E-state index in [1.807, 2.05) is 49.4 Å². The van der Waals surface area contributed by atoms with Crippen LogP contribution in [-0.4, -0.2) is 8.42 Å². The van der Waals surface area contributed by atoms with Crippen molar-refractivity contribution in [2.24, 2.45) is 0 Å². The molecule has 0 unspecified atom stereocenters. The summed E-state index contributed by atoms with van der Waals surface area (Å²) in [6, 6.07) is 16.3. The van der Waals surface area contributed by atoms with Gasteiger partial charge in [0.15, 0.2) is 9.84 Å². The van der Waals surface area contributed by atoms with Gasteiger partial charge in [0.1, 0.15) is 0 Å². The molecule has 0 heterocycles. The van der Waals surface area contributed by atoms with Gasteiger partial charge in [-0.1, -0.05) is 48.0 Å². The molecule has 0 aromatic heterocycles. The SMILES string of the molecule is Cc1ccc(S(=O)(=O)[C@H](C)c2ccccc2)cc1. The van der Waals surface area contributed by atoms with Gasteiger partial charge in [-0.25, -0.2) is 8.42 Å². The predicted molar refractivity (Wildman–Crippen MR) is 73.2 cm³/mol. The Morgan fingerprint density at radius 3 is 2.00 bits per heavy atom. The zero-order chi connectivity index (χ0) is 13.2. The first-order chi connectivity index (χ1) is 8.51. The minimum absolute atomic E-state index is 0.379. The van der Waals surface area contributed by atoms with Gasteiger partial charge < -0.3 is 0 Å². The highest BCUT2D eigenvalue weighted by Crippen LogP contribution is 2.28. The second-order valence-corrected chi connectivity index (χ2v) is 6.68. The molecule has 18 heavy (non-hydrogen) atoms. The summed E-state index contributed by atoms with van der Waals surface area (Å²) in [6.07, 6.45) is 0. The van der Waals surface area contributed by atoms with Crippen molar-refractivity contribution in [3.63, 3.8) is 0 Å². The van der Waals surface area contributed by atoms with Gasteiger partial charge in [-0.15, -0.1) is 0 Å². The molecule has 2 rings (SSSR count). The Bertz CT molecular complexity index is 613. The largest absolute Gasteiger partial charge is 0.223 e. The second kappa shape index (κ2) is 4.94. The quantitative estimate of drug-likeness (QED) is 0.846. The van der Waals surface area contributed by atoms with Crippen LogP contribution in [0.15, 0.2) is 59.5 Å². The van der Waals surface area contributed by atoms with Crippen LogP contribution in [0.4, 0.5) is 0 Å². The van der Waals surface area contributed by atoms with E-state index in [4.69, 9.17) is 0 Å². The van der Waals surface area contributed by atoms with Crippen molar-refractivity contribution in [3.8, 4) is 0 Å². The minimum atomic E-state index is -3.31. The molecule has 2 aromatic carbocycles. The molecule has 2 nitrogen and oxygen atoms in total. The van der Waals surface area contributed by atoms with Gasteiger partial charge in [-0.3, -0.25) is 0 Å². The van der Waals surface area contributed by atoms with E-state index in [9.17, 15) is 8.42 Å². The van der Waals surface area contributed by atoms with Crippen molar-refractivity contribution in [1.29, 1.82) is 0 Å². The predicted octanol–water partition coefficient (Wildman–Crippen LogP) is 3.53. The maximum absolute atomic E-state index is 12.4. The van der Waals surface area contributed by atoms with Gasteiger partial charge in [-0.2, -0.15) is 0 Å². The van der Waals surface area contributed by atoms with Gasteiger partial charge in [0.05, 0.1) is 10.1 Å². The summed E-state index contributed by atoms with van der Waals surface area (Å²) in [5, 5.41) is -0.526. The summed E-state index contributed by atoms with van der Waals surface area (Å²) in [5.41, 5.74) is 1.87. The molecule has 94 valence electrons. The molecule has 0 aliphatic rings. The van der Waals surface area contributed by atoms with Gasteiger partial charge >= 0.3 is 0 Å². The van der Waals surface area contributed by atoms with E-state index in [1.54, 1.807) is 19.1 Å². The lowest BCUT2D eigenvalue weighted by atomic mass is 10.2. The van der Waals surface area contributed by atoms with Crippen LogP contribution >= 0.6 is 0 Å². The standard InChI is InChI=1S/C15H16O2S/c1-12-8-10-15(11-9-12)18(16,17)13(2)14-6-4-3-5-7-14/h3-11,13H,1-2H3/t13-/m1/s1. The van der Waals surface area contributed by atoms with Crippen molar-refractivity contribution in [3.05, 3.63) is 65.7 Å². The molecule has 0 spiro atoms. The fourth-order valence-electron chi connectivity index (χ4n) is 1.84. The highest BCUT2D eigenvalue weighted by atomic mass is 32.2. The first-order valence-corrected chi connectivity index (χ1v) is 7.42. The minimum Gasteiger partial charge on any atom is -0.223 e. The molecular weight excluding hydrogens is 244 g/mol. The maximum atomic E-state index is 12.4. The molecule has 0 saturated carbocycles. The number of hydrogen-bond acceptors (Lipinski definition) is 2. The third kappa shape index (κ3) is 2.46. The normalized spacial score (nSPS) is 13.2. The van der Waals surface area contributed by atoms with Crippen LogP contribution in [0.25, 0.3) is 0 Å². The molecule has 0 amide bonds. The van der Waals surface area contributed by atoms with Crippen molar-refractivity contribution in [2.75, 3.05) is 0 Å². The average molecular weight is 260 g/mol. The molecule has 0 aliphatic carbocycles. The lowest BCUT2D eigenvalue weighted by Crippen LogP contribution is -2.10. The van der Waals surface area contributed by atoms with Gasteiger partial charge in [0.25, 0.3) is 0 Å². The smallest absolute Gasteiger partial charge is 0.185 e. The van der Waals surface area contributed by atoms with Crippen LogP contribution in [0.3, 0.4) is 0 Å². The monoisotopic (exact) mass is 260 g/mol. The van der Waals surface area contributed by atoms with E-state index < -0.39 is 15.1 Å². The number of hydrogen-bond donors (Lipinski definition) is 0. The highest BCUT2D eigenvalue weighted by molar-refractivity contribution is 7.91. The third-order valence-corrected chi connectivity index (χ3v) is 5.22. The molecular formula is C15H16O2S. The van der Waals surface area contributed by atoms with E-state index in [1.165, 1.54) is 0 Å². The Kier molecular flexibility index (Phi) is 3.53. The molecule has 1 atom stereocenters. The lowest BCUT2D eigenvalue weighted by molar-refractivity contribution is 0.586. The molecule has 0 radical (unpaired) electrons. The van der Waals surface area contributed by atoms with Crippen molar-refractivity contribution >= 4 is 9.84 Å². The van der Waals surface area contributed by atoms with Gasteiger partial charge in [-0.05, 0) is 31.5 Å². The van der Waals surface area contributed by atoms with E-state index in [-0.39, 0.29) is 0 Å². The Morgan fingerprint density at radius 1 is 0.889 bits per heavy atom. The zero-order valence-corrected chi connectivity index (χ0v) is 11.3. The average Bonchev–Trinajstić information content (AvgIpc) is 2.39. The summed E-state index contributed by atoms with van der Waals surface area (Å²) in [6.45, 7) is 3.67. The lowest BCUT2D eigenvalue weighted by Gasteiger charge is -2.13. The fraction of sp³-hybridized carbons (Fsp3) is 0.200. The van der Waals surface area contributed by atoms with Crippen molar-refractivity contribution in [2.45, 2.75) is 24.0 Å². The van der Waals surface area contributed by atoms with Crippen LogP contribution in [0.2, 0.25) is 0 Å². The first-order valence-electron chi connectivity index (χ1n) is 5.87. The summed E-state index contributed by atoms with van der Waals surface area (Å²) in [7, 11) is -3.31. The van der Waals surface area contributed by atoms with Crippen LogP contribution in [-0.2, 0) is 9.84 Å². The van der Waals surface area contributed by atoms with Crippen LogP contribution in [0.5, 0.6) is 0 Å². The molecule has 2 aromatic rings. The maximum Gasteiger partial charge on any atom is 0.185 e. The fourth-order valence-corrected chi connectivity index (χ4v) is 3.27. The summed E-state index contributed by atoms with van der Waals surface area (Å²) < 4.78 is 24.9. The third-order valence-electron chi connectivity index (χ3n) is 3.08. The highest BCUT2D eigenvalue weighted by Gasteiger charge is 2.24. The molecule has 0 aliphatic heterocycles. The Balaban J connectivity index is 2.40. The number of sulfone groups is 1. The van der Waals surface area contributed by atoms with Crippen LogP contribution in [0.1, 0.15) is 23.3 Å². The number of benzene rings is 2. The van der Waals surface area contributed by atoms with Gasteiger partial charge in [0, 0.05) is 0 Å². The summed E-state index contributed by atoms with van der Waals surface area (Å²) in [4.78, 5) is 0.379. The van der Waals surface area contributed by atoms with E-state index in [2.05, 4.69) is 0 Å². The van der Waals surface area contributed by atoms with Crippen molar-refractivity contribution in [1.82, 2.24) is 0 Å². The number of aryl methyl sites for hydroxylation is 1. The van der Waals surface area contributed by atoms with E-state index in [0.29, 0.717) is 4.90 Å². The Hall–Kier alpha value is -1.61. The molecule has 0 N–H and O–H groups in total. The summed E-state index contributed by atoms with van der Waals surface area (Å²) >= 11 is 0. The molecule has 0 bridgehead atoms. The Morgan fingerprint density at radius 2 is 1.44 bits per heavy atom. The van der Waals surface area contributed by atoms with Crippen LogP contribution < -0.4 is 0 Å². The van der Waals surface area contributed by atoms with Gasteiger partial charge in [0.2, 0.25) is 0 Å². The van der Waals surface area contributed by atoms with Crippen LogP contribution in [0, 0.1) is 6.92 Å². The number of rotatable bonds is 3. The topological polar surface area (TPSA) is 34.1 Å². The van der Waals surface area contributed by atoms with Crippen molar-refractivity contribution < 1.29 is 8.42 Å². The zero-order valence-electron chi connectivity index (χ0n) is 10.5.